The molecule has 10 heteroatoms. The van der Waals surface area contributed by atoms with Crippen LogP contribution in [0.4, 0.5) is 0 Å². The number of hydrogen-bond acceptors (Lipinski definition) is 8. The highest BCUT2D eigenvalue weighted by atomic mass is 31.2. The highest BCUT2D eigenvalue weighted by Crippen LogP contribution is 2.38. The molecule has 0 aromatic heterocycles. The van der Waals surface area contributed by atoms with Crippen molar-refractivity contribution < 1.29 is 42.1 Å². The molecule has 0 aliphatic heterocycles. The van der Waals surface area contributed by atoms with E-state index in [0.717, 1.165) is 128 Å². The molecule has 448 valence electrons. The Kier molecular flexibility index (Phi) is 55.5. The third kappa shape index (κ3) is 62.9. The zero-order chi connectivity index (χ0) is 57.7. The van der Waals surface area contributed by atoms with Gasteiger partial charge in [-0.3, -0.25) is 14.2 Å². The Labute approximate surface area is 484 Å². The van der Waals surface area contributed by atoms with Gasteiger partial charge in [0, 0.05) is 12.8 Å². The minimum atomic E-state index is -4.65. The molecule has 0 spiro atoms. The van der Waals surface area contributed by atoms with Crippen LogP contribution < -0.4 is 4.89 Å². The predicted molar refractivity (Wildman–Crippen MR) is 337 cm³/mol. The number of likely N-dealkylation sites (N-methyl/N-ethyl adjacent to an activating group) is 1. The molecule has 2 unspecified atom stereocenters. The van der Waals surface area contributed by atoms with E-state index in [0.29, 0.717) is 23.9 Å². The molecule has 0 saturated carbocycles. The van der Waals surface area contributed by atoms with E-state index >= 15 is 0 Å². The first-order chi connectivity index (χ1) is 38.5. The highest BCUT2D eigenvalue weighted by molar-refractivity contribution is 7.45. The summed E-state index contributed by atoms with van der Waals surface area (Å²) in [6.45, 7) is 4.06. The van der Waals surface area contributed by atoms with Crippen LogP contribution in [-0.4, -0.2) is 70.0 Å². The van der Waals surface area contributed by atoms with E-state index in [9.17, 15) is 19.0 Å². The van der Waals surface area contributed by atoms with Gasteiger partial charge in [-0.15, -0.1) is 0 Å². The van der Waals surface area contributed by atoms with Gasteiger partial charge in [-0.05, 0) is 122 Å². The lowest BCUT2D eigenvalue weighted by atomic mass is 10.1. The van der Waals surface area contributed by atoms with Crippen molar-refractivity contribution in [3.63, 3.8) is 0 Å². The number of phosphoric ester groups is 1. The summed E-state index contributed by atoms with van der Waals surface area (Å²) in [5.41, 5.74) is 0. The summed E-state index contributed by atoms with van der Waals surface area (Å²) < 4.78 is 34.1. The number of allylic oxidation sites excluding steroid dienone is 24. The predicted octanol–water partition coefficient (Wildman–Crippen LogP) is 19.2. The van der Waals surface area contributed by atoms with Crippen molar-refractivity contribution in [1.82, 2.24) is 0 Å². The van der Waals surface area contributed by atoms with Crippen molar-refractivity contribution >= 4 is 19.8 Å². The second-order valence-electron chi connectivity index (χ2n) is 21.3. The Bertz CT molecular complexity index is 1840. The summed E-state index contributed by atoms with van der Waals surface area (Å²) in [6, 6.07) is 0. The second-order valence-corrected chi connectivity index (χ2v) is 22.7. The summed E-state index contributed by atoms with van der Waals surface area (Å²) in [4.78, 5) is 37.9. The average Bonchev–Trinajstić information content (AvgIpc) is 3.41. The Morgan fingerprint density at radius 2 is 0.722 bits per heavy atom. The first kappa shape index (κ1) is 74.9. The summed E-state index contributed by atoms with van der Waals surface area (Å²) in [5, 5.41) is 0. The smallest absolute Gasteiger partial charge is 0.306 e. The summed E-state index contributed by atoms with van der Waals surface area (Å²) in [5.74, 6) is -0.868. The SMILES string of the molecule is CC/C=C\C/C=C\C/C=C\C/C=C\C/C=C\C/C=C\C/C=C\C/C=C\C/C=C\C/C=C\CCCCCCCCCCC(=O)OC(COC(=O)CCCCCCC/C=C\C/C=C\CCCCCC)COP(=O)([O-])OCC[N+](C)(C)C. The fourth-order valence-corrected chi connectivity index (χ4v) is 8.56. The van der Waals surface area contributed by atoms with Gasteiger partial charge in [-0.2, -0.15) is 0 Å². The molecule has 0 bridgehead atoms. The molecular formula is C69H114NO8P. The number of esters is 2. The van der Waals surface area contributed by atoms with Crippen LogP contribution in [0.25, 0.3) is 0 Å². The molecule has 0 heterocycles. The molecule has 0 aliphatic carbocycles. The molecule has 0 aromatic carbocycles. The van der Waals surface area contributed by atoms with E-state index < -0.39 is 32.5 Å². The highest BCUT2D eigenvalue weighted by Gasteiger charge is 2.22. The lowest BCUT2D eigenvalue weighted by Crippen LogP contribution is -2.37. The van der Waals surface area contributed by atoms with E-state index in [-0.39, 0.29) is 26.1 Å². The fourth-order valence-electron chi connectivity index (χ4n) is 7.83. The summed E-state index contributed by atoms with van der Waals surface area (Å²) >= 11 is 0. The van der Waals surface area contributed by atoms with Crippen molar-refractivity contribution in [2.24, 2.45) is 0 Å². The van der Waals surface area contributed by atoms with Gasteiger partial charge in [0.2, 0.25) is 0 Å². The summed E-state index contributed by atoms with van der Waals surface area (Å²) in [6.07, 6.45) is 86.2. The first-order valence-electron chi connectivity index (χ1n) is 31.0. The van der Waals surface area contributed by atoms with Gasteiger partial charge in [0.05, 0.1) is 27.7 Å². The van der Waals surface area contributed by atoms with E-state index in [1.54, 1.807) is 0 Å². The molecule has 0 amide bonds. The van der Waals surface area contributed by atoms with Crippen LogP contribution in [-0.2, 0) is 32.7 Å². The van der Waals surface area contributed by atoms with Gasteiger partial charge in [0.25, 0.3) is 7.82 Å². The van der Waals surface area contributed by atoms with E-state index in [4.69, 9.17) is 18.5 Å². The number of unbranched alkanes of at least 4 members (excludes halogenated alkanes) is 17. The first-order valence-corrected chi connectivity index (χ1v) is 32.5. The topological polar surface area (TPSA) is 111 Å². The van der Waals surface area contributed by atoms with Crippen LogP contribution in [0.2, 0.25) is 0 Å². The number of quaternary nitrogens is 1. The van der Waals surface area contributed by atoms with Crippen molar-refractivity contribution in [1.29, 1.82) is 0 Å². The second kappa shape index (κ2) is 58.5. The largest absolute Gasteiger partial charge is 0.756 e. The third-order valence-electron chi connectivity index (χ3n) is 12.6. The van der Waals surface area contributed by atoms with Crippen LogP contribution in [0.5, 0.6) is 0 Å². The van der Waals surface area contributed by atoms with Gasteiger partial charge in [0.1, 0.15) is 19.8 Å². The monoisotopic (exact) mass is 1120 g/mol. The fraction of sp³-hybridized carbons (Fsp3) is 0.623. The van der Waals surface area contributed by atoms with Crippen molar-refractivity contribution in [2.45, 2.75) is 232 Å². The van der Waals surface area contributed by atoms with Gasteiger partial charge >= 0.3 is 11.9 Å². The molecule has 0 radical (unpaired) electrons. The number of ether oxygens (including phenoxy) is 2. The molecule has 2 atom stereocenters. The van der Waals surface area contributed by atoms with Crippen molar-refractivity contribution in [3.8, 4) is 0 Å². The maximum atomic E-state index is 12.8. The summed E-state index contributed by atoms with van der Waals surface area (Å²) in [7, 11) is 1.13. The molecule has 0 aromatic rings. The quantitative estimate of drug-likeness (QED) is 0.0195. The standard InChI is InChI=1S/C69H114NO8P/c1-6-8-10-12-14-16-18-20-22-24-25-26-27-28-29-30-31-32-33-34-35-36-37-38-39-40-41-42-43-44-45-46-48-50-52-54-56-58-60-62-69(72)78-67(66-77-79(73,74)76-64-63-70(3,4)5)65-75-68(71)61-59-57-55-53-51-49-47-23-21-19-17-15-13-11-9-7-2/h8,10,14,16-17,19-20,22-23,25-26,28-29,31-32,34-35,37-38,40-41,43-44,47,67H,6-7,9,11-13,15,18,21,24,27,30,33,36,39,42,45-46,48-66H2,1-5H3/b10-8-,16-14-,19-17-,22-20-,26-25-,29-28-,32-31-,35-34-,38-37-,41-40-,44-43-,47-23-. The Morgan fingerprint density at radius 3 is 1.08 bits per heavy atom. The van der Waals surface area contributed by atoms with Gasteiger partial charge in [0.15, 0.2) is 6.10 Å². The minimum Gasteiger partial charge on any atom is -0.756 e. The maximum absolute atomic E-state index is 12.8. The molecule has 79 heavy (non-hydrogen) atoms. The molecule has 0 N–H and O–H groups in total. The minimum absolute atomic E-state index is 0.0422. The molecular weight excluding hydrogens is 1000 g/mol. The van der Waals surface area contributed by atoms with Crippen molar-refractivity contribution in [2.75, 3.05) is 47.5 Å². The molecule has 0 aliphatic rings. The molecule has 0 fully saturated rings. The number of rotatable bonds is 55. The molecule has 0 saturated heterocycles. The van der Waals surface area contributed by atoms with Crippen LogP contribution in [0.1, 0.15) is 226 Å². The van der Waals surface area contributed by atoms with Crippen molar-refractivity contribution in [3.05, 3.63) is 146 Å². The number of carbonyl (C=O) groups is 2. The van der Waals surface area contributed by atoms with Crippen LogP contribution in [0.15, 0.2) is 146 Å². The van der Waals surface area contributed by atoms with Crippen LogP contribution in [0, 0.1) is 0 Å². The number of hydrogen-bond donors (Lipinski definition) is 0. The van der Waals surface area contributed by atoms with Crippen LogP contribution >= 0.6 is 7.82 Å². The van der Waals surface area contributed by atoms with Gasteiger partial charge in [-0.1, -0.05) is 237 Å². The Balaban J connectivity index is 4.15. The molecule has 0 rings (SSSR count). The number of phosphoric acid groups is 1. The van der Waals surface area contributed by atoms with E-state index in [2.05, 4.69) is 160 Å². The maximum Gasteiger partial charge on any atom is 0.306 e. The average molecular weight is 1120 g/mol. The lowest BCUT2D eigenvalue weighted by Gasteiger charge is -2.28. The van der Waals surface area contributed by atoms with Gasteiger partial charge < -0.3 is 27.9 Å². The van der Waals surface area contributed by atoms with E-state index in [1.807, 2.05) is 21.1 Å². The zero-order valence-electron chi connectivity index (χ0n) is 50.8. The number of carbonyl (C=O) groups excluding carboxylic acids is 2. The van der Waals surface area contributed by atoms with Crippen LogP contribution in [0.3, 0.4) is 0 Å². The Hall–Kier alpha value is -4.11. The zero-order valence-corrected chi connectivity index (χ0v) is 51.7. The molecule has 9 nitrogen and oxygen atoms in total. The third-order valence-corrected chi connectivity index (χ3v) is 13.6. The van der Waals surface area contributed by atoms with Gasteiger partial charge in [-0.25, -0.2) is 0 Å². The lowest BCUT2D eigenvalue weighted by molar-refractivity contribution is -0.870. The number of nitrogens with zero attached hydrogens (tertiary/aromatic N) is 1. The van der Waals surface area contributed by atoms with E-state index in [1.165, 1.54) is 57.8 Å². The normalized spacial score (nSPS) is 14.3. The Morgan fingerprint density at radius 1 is 0.405 bits per heavy atom.